The van der Waals surface area contributed by atoms with Crippen molar-refractivity contribution >= 4 is 11.8 Å². The Morgan fingerprint density at radius 1 is 1.33 bits per heavy atom. The summed E-state index contributed by atoms with van der Waals surface area (Å²) >= 11 is 1.96. The van der Waals surface area contributed by atoms with Crippen LogP contribution < -0.4 is 5.32 Å². The van der Waals surface area contributed by atoms with Gasteiger partial charge >= 0.3 is 0 Å². The van der Waals surface area contributed by atoms with Crippen LogP contribution in [0.15, 0.2) is 0 Å². The molecule has 1 atom stereocenters. The number of hydrogen-bond acceptors (Lipinski definition) is 3. The minimum atomic E-state index is -0.424. The molecule has 1 fully saturated rings. The van der Waals surface area contributed by atoms with Gasteiger partial charge in [-0.1, -0.05) is 20.3 Å². The SMILES string of the molecule is CCCC(CC)NCC1(O)CCSCC1. The largest absolute Gasteiger partial charge is 0.389 e. The Morgan fingerprint density at radius 3 is 2.53 bits per heavy atom. The quantitative estimate of drug-likeness (QED) is 0.736. The molecule has 90 valence electrons. The summed E-state index contributed by atoms with van der Waals surface area (Å²) in [6, 6.07) is 0.591. The molecule has 2 nitrogen and oxygen atoms in total. The van der Waals surface area contributed by atoms with E-state index in [2.05, 4.69) is 19.2 Å². The number of hydrogen-bond donors (Lipinski definition) is 2. The number of aliphatic hydroxyl groups is 1. The first-order valence-electron chi connectivity index (χ1n) is 6.23. The van der Waals surface area contributed by atoms with E-state index >= 15 is 0 Å². The molecule has 0 aromatic carbocycles. The van der Waals surface area contributed by atoms with Crippen molar-refractivity contribution in [1.29, 1.82) is 0 Å². The molecule has 0 aliphatic carbocycles. The number of rotatable bonds is 6. The van der Waals surface area contributed by atoms with Crippen LogP contribution in [0.4, 0.5) is 0 Å². The standard InChI is InChI=1S/C12H25NOS/c1-3-5-11(4-2)13-10-12(14)6-8-15-9-7-12/h11,13-14H,3-10H2,1-2H3. The van der Waals surface area contributed by atoms with E-state index in [1.54, 1.807) is 0 Å². The minimum Gasteiger partial charge on any atom is -0.389 e. The van der Waals surface area contributed by atoms with Crippen molar-refractivity contribution in [3.8, 4) is 0 Å². The number of nitrogens with one attached hydrogen (secondary N) is 1. The van der Waals surface area contributed by atoms with Crippen LogP contribution in [-0.2, 0) is 0 Å². The molecule has 15 heavy (non-hydrogen) atoms. The van der Waals surface area contributed by atoms with E-state index in [1.165, 1.54) is 19.3 Å². The van der Waals surface area contributed by atoms with Gasteiger partial charge in [0.05, 0.1) is 5.60 Å². The van der Waals surface area contributed by atoms with Gasteiger partial charge in [0.15, 0.2) is 0 Å². The fourth-order valence-corrected chi connectivity index (χ4v) is 3.31. The molecule has 0 aromatic heterocycles. The van der Waals surface area contributed by atoms with Crippen molar-refractivity contribution in [3.05, 3.63) is 0 Å². The second-order valence-corrected chi connectivity index (χ2v) is 5.84. The second-order valence-electron chi connectivity index (χ2n) is 4.61. The predicted molar refractivity (Wildman–Crippen MR) is 68.5 cm³/mol. The van der Waals surface area contributed by atoms with Crippen molar-refractivity contribution in [2.75, 3.05) is 18.1 Å². The van der Waals surface area contributed by atoms with Crippen molar-refractivity contribution in [2.45, 2.75) is 57.6 Å². The monoisotopic (exact) mass is 231 g/mol. The summed E-state index contributed by atoms with van der Waals surface area (Å²) in [5.74, 6) is 2.23. The maximum Gasteiger partial charge on any atom is 0.0787 e. The molecule has 0 amide bonds. The average molecular weight is 231 g/mol. The molecule has 0 aromatic rings. The predicted octanol–water partition coefficient (Wildman–Crippen LogP) is 2.41. The fourth-order valence-electron chi connectivity index (χ4n) is 2.06. The van der Waals surface area contributed by atoms with Gasteiger partial charge in [-0.15, -0.1) is 0 Å². The zero-order chi connectivity index (χ0) is 11.1. The van der Waals surface area contributed by atoms with E-state index in [4.69, 9.17) is 0 Å². The molecule has 1 aliphatic rings. The third kappa shape index (κ3) is 4.75. The van der Waals surface area contributed by atoms with Gasteiger partial charge in [-0.3, -0.25) is 0 Å². The van der Waals surface area contributed by atoms with Gasteiger partial charge in [0, 0.05) is 12.6 Å². The van der Waals surface area contributed by atoms with E-state index < -0.39 is 5.60 Å². The van der Waals surface area contributed by atoms with Crippen LogP contribution in [0.25, 0.3) is 0 Å². The molecule has 0 saturated carbocycles. The molecule has 1 heterocycles. The zero-order valence-corrected chi connectivity index (χ0v) is 10.9. The molecule has 2 N–H and O–H groups in total. The molecule has 3 heteroatoms. The Morgan fingerprint density at radius 2 is 2.00 bits per heavy atom. The van der Waals surface area contributed by atoms with Crippen LogP contribution >= 0.6 is 11.8 Å². The molecule has 0 spiro atoms. The van der Waals surface area contributed by atoms with E-state index in [-0.39, 0.29) is 0 Å². The van der Waals surface area contributed by atoms with E-state index in [9.17, 15) is 5.11 Å². The lowest BCUT2D eigenvalue weighted by Crippen LogP contribution is -2.46. The third-order valence-corrected chi connectivity index (χ3v) is 4.26. The maximum atomic E-state index is 10.3. The summed E-state index contributed by atoms with van der Waals surface area (Å²) in [6.45, 7) is 5.22. The van der Waals surface area contributed by atoms with Gasteiger partial charge in [-0.25, -0.2) is 0 Å². The van der Waals surface area contributed by atoms with Crippen LogP contribution in [-0.4, -0.2) is 34.8 Å². The second kappa shape index (κ2) is 6.77. The van der Waals surface area contributed by atoms with Gasteiger partial charge in [-0.05, 0) is 37.2 Å². The molecule has 1 saturated heterocycles. The normalized spacial score (nSPS) is 22.6. The van der Waals surface area contributed by atoms with Crippen LogP contribution in [0.3, 0.4) is 0 Å². The Balaban J connectivity index is 2.26. The van der Waals surface area contributed by atoms with Crippen molar-refractivity contribution in [1.82, 2.24) is 5.32 Å². The smallest absolute Gasteiger partial charge is 0.0787 e. The maximum absolute atomic E-state index is 10.3. The minimum absolute atomic E-state index is 0.424. The Hall–Kier alpha value is 0.270. The highest BCUT2D eigenvalue weighted by Gasteiger charge is 2.29. The molecular weight excluding hydrogens is 206 g/mol. The number of thioether (sulfide) groups is 1. The summed E-state index contributed by atoms with van der Waals surface area (Å²) in [5, 5.41) is 13.8. The Kier molecular flexibility index (Phi) is 6.02. The molecule has 1 unspecified atom stereocenters. The van der Waals surface area contributed by atoms with E-state index in [0.717, 1.165) is 30.9 Å². The molecule has 1 rings (SSSR count). The van der Waals surface area contributed by atoms with Gasteiger partial charge in [-0.2, -0.15) is 11.8 Å². The highest BCUT2D eigenvalue weighted by atomic mass is 32.2. The van der Waals surface area contributed by atoms with Gasteiger partial charge in [0.2, 0.25) is 0 Å². The Labute approximate surface area is 98.2 Å². The lowest BCUT2D eigenvalue weighted by Gasteiger charge is -2.33. The molecule has 0 bridgehead atoms. The molecular formula is C12H25NOS. The summed E-state index contributed by atoms with van der Waals surface area (Å²) in [4.78, 5) is 0. The lowest BCUT2D eigenvalue weighted by molar-refractivity contribution is 0.0292. The first-order chi connectivity index (χ1) is 7.20. The highest BCUT2D eigenvalue weighted by molar-refractivity contribution is 7.99. The highest BCUT2D eigenvalue weighted by Crippen LogP contribution is 2.26. The Bertz CT molecular complexity index is 169. The lowest BCUT2D eigenvalue weighted by atomic mass is 9.96. The molecule has 0 radical (unpaired) electrons. The van der Waals surface area contributed by atoms with Crippen LogP contribution in [0.2, 0.25) is 0 Å². The third-order valence-electron chi connectivity index (χ3n) is 3.27. The van der Waals surface area contributed by atoms with Crippen LogP contribution in [0, 0.1) is 0 Å². The van der Waals surface area contributed by atoms with Crippen molar-refractivity contribution < 1.29 is 5.11 Å². The zero-order valence-electron chi connectivity index (χ0n) is 10.1. The van der Waals surface area contributed by atoms with Gasteiger partial charge in [0.25, 0.3) is 0 Å². The summed E-state index contributed by atoms with van der Waals surface area (Å²) < 4.78 is 0. The average Bonchev–Trinajstić information content (AvgIpc) is 2.25. The van der Waals surface area contributed by atoms with Gasteiger partial charge < -0.3 is 10.4 Å². The van der Waals surface area contributed by atoms with E-state index in [1.807, 2.05) is 11.8 Å². The summed E-state index contributed by atoms with van der Waals surface area (Å²) in [5.41, 5.74) is -0.424. The van der Waals surface area contributed by atoms with Crippen LogP contribution in [0.1, 0.15) is 46.0 Å². The van der Waals surface area contributed by atoms with E-state index in [0.29, 0.717) is 6.04 Å². The summed E-state index contributed by atoms with van der Waals surface area (Å²) in [6.07, 6.45) is 5.51. The summed E-state index contributed by atoms with van der Waals surface area (Å²) in [7, 11) is 0. The topological polar surface area (TPSA) is 32.3 Å². The fraction of sp³-hybridized carbons (Fsp3) is 1.00. The van der Waals surface area contributed by atoms with Gasteiger partial charge in [0.1, 0.15) is 0 Å². The first kappa shape index (κ1) is 13.3. The van der Waals surface area contributed by atoms with Crippen molar-refractivity contribution in [2.24, 2.45) is 0 Å². The van der Waals surface area contributed by atoms with Crippen molar-refractivity contribution in [3.63, 3.8) is 0 Å². The molecule has 1 aliphatic heterocycles. The van der Waals surface area contributed by atoms with Crippen LogP contribution in [0.5, 0.6) is 0 Å². The first-order valence-corrected chi connectivity index (χ1v) is 7.39.